The summed E-state index contributed by atoms with van der Waals surface area (Å²) in [5, 5.41) is 13.1. The Labute approximate surface area is 126 Å². The van der Waals surface area contributed by atoms with E-state index in [1.54, 1.807) is 19.1 Å². The summed E-state index contributed by atoms with van der Waals surface area (Å²) in [6.45, 7) is 3.89. The van der Waals surface area contributed by atoms with E-state index in [0.29, 0.717) is 17.1 Å². The van der Waals surface area contributed by atoms with Crippen molar-refractivity contribution in [1.82, 2.24) is 0 Å². The van der Waals surface area contributed by atoms with Gasteiger partial charge in [0.05, 0.1) is 10.7 Å². The van der Waals surface area contributed by atoms with Gasteiger partial charge in [0.1, 0.15) is 5.54 Å². The van der Waals surface area contributed by atoms with Crippen LogP contribution in [0.5, 0.6) is 0 Å². The third-order valence-corrected chi connectivity index (χ3v) is 3.87. The molecule has 3 nitrogen and oxygen atoms in total. The number of carboxylic acid groups (broad SMARTS) is 1. The van der Waals surface area contributed by atoms with Crippen molar-refractivity contribution < 1.29 is 9.90 Å². The number of aliphatic carboxylic acids is 1. The summed E-state index contributed by atoms with van der Waals surface area (Å²) in [5.74, 6) is -0.840. The predicted octanol–water partition coefficient (Wildman–Crippen LogP) is 4.96. The van der Waals surface area contributed by atoms with Crippen LogP contribution in [0.25, 0.3) is 0 Å². The van der Waals surface area contributed by atoms with Gasteiger partial charge in [-0.05, 0) is 25.5 Å². The molecule has 0 aliphatic heterocycles. The Morgan fingerprint density at radius 1 is 1.25 bits per heavy atom. The molecule has 1 aromatic rings. The molecule has 0 spiro atoms. The van der Waals surface area contributed by atoms with Gasteiger partial charge in [-0.2, -0.15) is 0 Å². The lowest BCUT2D eigenvalue weighted by atomic mass is 9.93. The van der Waals surface area contributed by atoms with Gasteiger partial charge in [0, 0.05) is 0 Å². The average molecular weight is 298 g/mol. The largest absolute Gasteiger partial charge is 0.480 e. The summed E-state index contributed by atoms with van der Waals surface area (Å²) in [6.07, 6.45) is 6.13. The number of carboxylic acids is 1. The number of para-hydroxylation sites is 1. The van der Waals surface area contributed by atoms with Gasteiger partial charge in [0.15, 0.2) is 0 Å². The predicted molar refractivity (Wildman–Crippen MR) is 84.5 cm³/mol. The van der Waals surface area contributed by atoms with Crippen molar-refractivity contribution in [3.8, 4) is 0 Å². The lowest BCUT2D eigenvalue weighted by Crippen LogP contribution is -2.43. The molecule has 0 amide bonds. The zero-order valence-corrected chi connectivity index (χ0v) is 13.0. The van der Waals surface area contributed by atoms with Crippen LogP contribution in [0.2, 0.25) is 5.02 Å². The monoisotopic (exact) mass is 297 g/mol. The van der Waals surface area contributed by atoms with Gasteiger partial charge in [-0.3, -0.25) is 0 Å². The number of halogens is 1. The summed E-state index contributed by atoms with van der Waals surface area (Å²) >= 11 is 6.08. The van der Waals surface area contributed by atoms with E-state index in [2.05, 4.69) is 12.2 Å². The Hall–Kier alpha value is -1.22. The van der Waals surface area contributed by atoms with E-state index in [1.165, 1.54) is 12.8 Å². The van der Waals surface area contributed by atoms with E-state index in [4.69, 9.17) is 11.6 Å². The molecule has 0 fully saturated rings. The molecule has 1 unspecified atom stereocenters. The Kier molecular flexibility index (Phi) is 6.86. The van der Waals surface area contributed by atoms with Gasteiger partial charge in [-0.15, -0.1) is 0 Å². The fraction of sp³-hybridized carbons (Fsp3) is 0.562. The second-order valence-electron chi connectivity index (χ2n) is 5.41. The molecule has 0 bridgehead atoms. The maximum atomic E-state index is 11.6. The maximum Gasteiger partial charge on any atom is 0.329 e. The molecule has 0 aromatic heterocycles. The van der Waals surface area contributed by atoms with Crippen molar-refractivity contribution >= 4 is 23.3 Å². The van der Waals surface area contributed by atoms with E-state index in [0.717, 1.165) is 19.3 Å². The smallest absolute Gasteiger partial charge is 0.329 e. The van der Waals surface area contributed by atoms with E-state index >= 15 is 0 Å². The number of benzene rings is 1. The molecule has 0 saturated heterocycles. The fourth-order valence-corrected chi connectivity index (χ4v) is 2.35. The van der Waals surface area contributed by atoms with Crippen LogP contribution >= 0.6 is 11.6 Å². The molecule has 0 heterocycles. The van der Waals surface area contributed by atoms with E-state index in [1.807, 2.05) is 12.1 Å². The maximum absolute atomic E-state index is 11.6. The zero-order valence-electron chi connectivity index (χ0n) is 12.3. The van der Waals surface area contributed by atoms with Crippen molar-refractivity contribution in [2.24, 2.45) is 0 Å². The minimum absolute atomic E-state index is 0.547. The highest BCUT2D eigenvalue weighted by Crippen LogP contribution is 2.27. The topological polar surface area (TPSA) is 49.3 Å². The fourth-order valence-electron chi connectivity index (χ4n) is 2.16. The molecule has 1 atom stereocenters. The summed E-state index contributed by atoms with van der Waals surface area (Å²) in [4.78, 5) is 11.6. The molecular formula is C16H24ClNO2. The van der Waals surface area contributed by atoms with Gasteiger partial charge in [-0.25, -0.2) is 4.79 Å². The summed E-state index contributed by atoms with van der Waals surface area (Å²) in [7, 11) is 0. The lowest BCUT2D eigenvalue weighted by molar-refractivity contribution is -0.142. The first-order valence-corrected chi connectivity index (χ1v) is 7.63. The van der Waals surface area contributed by atoms with Crippen molar-refractivity contribution in [2.75, 3.05) is 5.32 Å². The average Bonchev–Trinajstić information content (AvgIpc) is 2.41. The van der Waals surface area contributed by atoms with Gasteiger partial charge in [0.25, 0.3) is 0 Å². The summed E-state index contributed by atoms with van der Waals surface area (Å²) in [5.41, 5.74) is -0.301. The van der Waals surface area contributed by atoms with Gasteiger partial charge in [0.2, 0.25) is 0 Å². The molecule has 2 N–H and O–H groups in total. The molecule has 112 valence electrons. The van der Waals surface area contributed by atoms with Crippen LogP contribution in [0.15, 0.2) is 24.3 Å². The minimum atomic E-state index is -0.975. The Morgan fingerprint density at radius 3 is 2.50 bits per heavy atom. The second-order valence-corrected chi connectivity index (χ2v) is 5.81. The summed E-state index contributed by atoms with van der Waals surface area (Å²) in [6, 6.07) is 7.24. The third-order valence-electron chi connectivity index (χ3n) is 3.54. The van der Waals surface area contributed by atoms with Crippen molar-refractivity contribution in [2.45, 2.75) is 57.9 Å². The van der Waals surface area contributed by atoms with Crippen LogP contribution in [-0.2, 0) is 4.79 Å². The highest BCUT2D eigenvalue weighted by atomic mass is 35.5. The first-order valence-electron chi connectivity index (χ1n) is 7.25. The van der Waals surface area contributed by atoms with E-state index in [9.17, 15) is 9.90 Å². The Bertz CT molecular complexity index is 436. The molecule has 0 saturated carbocycles. The molecule has 4 heteroatoms. The third kappa shape index (κ3) is 5.04. The van der Waals surface area contributed by atoms with Crippen LogP contribution in [0.1, 0.15) is 52.4 Å². The van der Waals surface area contributed by atoms with Gasteiger partial charge < -0.3 is 10.4 Å². The number of hydrogen-bond acceptors (Lipinski definition) is 2. The van der Waals surface area contributed by atoms with E-state index in [-0.39, 0.29) is 0 Å². The quantitative estimate of drug-likeness (QED) is 0.634. The van der Waals surface area contributed by atoms with Gasteiger partial charge in [-0.1, -0.05) is 62.8 Å². The molecular weight excluding hydrogens is 274 g/mol. The van der Waals surface area contributed by atoms with Crippen molar-refractivity contribution in [1.29, 1.82) is 0 Å². The highest BCUT2D eigenvalue weighted by Gasteiger charge is 2.32. The SMILES string of the molecule is CCCCCCCC(C)(Nc1ccccc1Cl)C(=O)O. The molecule has 0 radical (unpaired) electrons. The molecule has 1 aromatic carbocycles. The molecule has 0 aliphatic rings. The number of carbonyl (C=O) groups is 1. The first kappa shape index (κ1) is 16.8. The molecule has 20 heavy (non-hydrogen) atoms. The van der Waals surface area contributed by atoms with Crippen LogP contribution < -0.4 is 5.32 Å². The van der Waals surface area contributed by atoms with Crippen LogP contribution in [0.3, 0.4) is 0 Å². The first-order chi connectivity index (χ1) is 9.49. The normalized spacial score (nSPS) is 13.8. The molecule has 1 rings (SSSR count). The highest BCUT2D eigenvalue weighted by molar-refractivity contribution is 6.33. The Morgan fingerprint density at radius 2 is 1.90 bits per heavy atom. The standard InChI is InChI=1S/C16H24ClNO2/c1-3-4-5-6-9-12-16(2,15(19)20)18-14-11-8-7-10-13(14)17/h7-8,10-11,18H,3-6,9,12H2,1-2H3,(H,19,20). The summed E-state index contributed by atoms with van der Waals surface area (Å²) < 4.78 is 0. The van der Waals surface area contributed by atoms with E-state index < -0.39 is 11.5 Å². The lowest BCUT2D eigenvalue weighted by Gasteiger charge is -2.28. The van der Waals surface area contributed by atoms with Crippen molar-refractivity contribution in [3.05, 3.63) is 29.3 Å². The van der Waals surface area contributed by atoms with Crippen LogP contribution in [0, 0.1) is 0 Å². The number of rotatable bonds is 9. The molecule has 0 aliphatic carbocycles. The van der Waals surface area contributed by atoms with Crippen LogP contribution in [0.4, 0.5) is 5.69 Å². The number of anilines is 1. The number of hydrogen-bond donors (Lipinski definition) is 2. The van der Waals surface area contributed by atoms with Crippen molar-refractivity contribution in [3.63, 3.8) is 0 Å². The van der Waals surface area contributed by atoms with Gasteiger partial charge >= 0.3 is 5.97 Å². The second kappa shape index (κ2) is 8.15. The Balaban J connectivity index is 2.63. The number of unbranched alkanes of at least 4 members (excludes halogenated alkanes) is 4. The minimum Gasteiger partial charge on any atom is -0.480 e. The number of nitrogens with one attached hydrogen (secondary N) is 1. The van der Waals surface area contributed by atoms with Crippen LogP contribution in [-0.4, -0.2) is 16.6 Å². The zero-order chi connectivity index (χ0) is 15.0.